The van der Waals surface area contributed by atoms with Crippen molar-refractivity contribution in [3.05, 3.63) is 65.7 Å². The molecule has 2 aromatic carbocycles. The zero-order valence-corrected chi connectivity index (χ0v) is 12.1. The van der Waals surface area contributed by atoms with Crippen molar-refractivity contribution in [3.63, 3.8) is 0 Å². The van der Waals surface area contributed by atoms with Crippen LogP contribution < -0.4 is 10.8 Å². The molecule has 1 saturated heterocycles. The summed E-state index contributed by atoms with van der Waals surface area (Å²) in [5.74, 6) is 0. The van der Waals surface area contributed by atoms with Crippen molar-refractivity contribution in [1.82, 2.24) is 5.32 Å². The number of hydrogen-bond acceptors (Lipinski definition) is 3. The monoisotopic (exact) mass is 281 g/mol. The van der Waals surface area contributed by atoms with Crippen LogP contribution in [0, 0.1) is 0 Å². The van der Waals surface area contributed by atoms with Gasteiger partial charge in [-0.25, -0.2) is 0 Å². The van der Waals surface area contributed by atoms with E-state index in [9.17, 15) is 0 Å². The molecule has 2 aromatic rings. The Morgan fingerprint density at radius 3 is 2.10 bits per heavy atom. The first kappa shape index (κ1) is 14.3. The second kappa shape index (κ2) is 7.41. The van der Waals surface area contributed by atoms with E-state index in [4.69, 9.17) is 9.31 Å². The van der Waals surface area contributed by atoms with Gasteiger partial charge < -0.3 is 14.6 Å². The molecule has 1 N–H and O–H groups in total. The summed E-state index contributed by atoms with van der Waals surface area (Å²) in [6.45, 7) is 3.12. The molecule has 1 fully saturated rings. The van der Waals surface area contributed by atoms with Crippen LogP contribution in [-0.4, -0.2) is 33.4 Å². The van der Waals surface area contributed by atoms with Gasteiger partial charge in [-0.05, 0) is 23.0 Å². The average Bonchev–Trinajstić information content (AvgIpc) is 2.49. The first-order chi connectivity index (χ1) is 10.4. The highest BCUT2D eigenvalue weighted by Gasteiger charge is 2.22. The van der Waals surface area contributed by atoms with Crippen molar-refractivity contribution in [2.45, 2.75) is 6.42 Å². The molecule has 0 radical (unpaired) electrons. The first-order valence-electron chi connectivity index (χ1n) is 7.48. The third kappa shape index (κ3) is 4.17. The molecular weight excluding hydrogens is 261 g/mol. The predicted octanol–water partition coefficient (Wildman–Crippen LogP) is 1.61. The number of nitrogens with one attached hydrogen (secondary N) is 1. The normalized spacial score (nSPS) is 16.3. The molecule has 0 aliphatic carbocycles. The van der Waals surface area contributed by atoms with E-state index in [1.165, 1.54) is 11.1 Å². The number of rotatable bonds is 3. The maximum atomic E-state index is 5.74. The summed E-state index contributed by atoms with van der Waals surface area (Å²) in [6, 6.07) is 19.0. The fraction of sp³-hybridized carbons (Fsp3) is 0.294. The lowest BCUT2D eigenvalue weighted by atomic mass is 9.78. The summed E-state index contributed by atoms with van der Waals surface area (Å²) in [7, 11) is -0.238. The van der Waals surface area contributed by atoms with Gasteiger partial charge in [-0.15, -0.1) is 0 Å². The summed E-state index contributed by atoms with van der Waals surface area (Å²) in [6.07, 6.45) is 0.956. The van der Waals surface area contributed by atoms with Crippen LogP contribution in [-0.2, 0) is 15.7 Å². The smallest absolute Gasteiger partial charge is 0.406 e. The molecular formula is C17H20BNO2. The molecule has 0 atom stereocenters. The standard InChI is InChI=1S/C17H20BNO2/c1-2-4-15(5-3-1)14-16-6-8-17(9-7-16)18-20-12-10-19-11-13-21-18/h1-9,19H,10-14H2. The lowest BCUT2D eigenvalue weighted by Crippen LogP contribution is -2.43. The Hall–Kier alpha value is -1.62. The average molecular weight is 281 g/mol. The van der Waals surface area contributed by atoms with Crippen molar-refractivity contribution in [2.24, 2.45) is 0 Å². The van der Waals surface area contributed by atoms with E-state index in [1.54, 1.807) is 0 Å². The second-order valence-electron chi connectivity index (χ2n) is 5.23. The van der Waals surface area contributed by atoms with Crippen molar-refractivity contribution in [3.8, 4) is 0 Å². The van der Waals surface area contributed by atoms with Gasteiger partial charge in [-0.2, -0.15) is 0 Å². The van der Waals surface area contributed by atoms with Crippen LogP contribution in [0.1, 0.15) is 11.1 Å². The fourth-order valence-corrected chi connectivity index (χ4v) is 2.47. The maximum absolute atomic E-state index is 5.74. The fourth-order valence-electron chi connectivity index (χ4n) is 2.47. The second-order valence-corrected chi connectivity index (χ2v) is 5.23. The number of benzene rings is 2. The Balaban J connectivity index is 1.65. The van der Waals surface area contributed by atoms with Crippen LogP contribution in [0.25, 0.3) is 0 Å². The Labute approximate surface area is 126 Å². The van der Waals surface area contributed by atoms with Crippen molar-refractivity contribution < 1.29 is 9.31 Å². The third-order valence-electron chi connectivity index (χ3n) is 3.60. The molecule has 0 unspecified atom stereocenters. The molecule has 4 heteroatoms. The Bertz CT molecular complexity index is 536. The minimum Gasteiger partial charge on any atom is -0.406 e. The van der Waals surface area contributed by atoms with Gasteiger partial charge in [-0.3, -0.25) is 0 Å². The highest BCUT2D eigenvalue weighted by atomic mass is 16.6. The molecule has 108 valence electrons. The van der Waals surface area contributed by atoms with E-state index in [0.717, 1.165) is 25.0 Å². The molecule has 1 aliphatic rings. The molecule has 0 amide bonds. The van der Waals surface area contributed by atoms with E-state index in [2.05, 4.69) is 53.8 Å². The van der Waals surface area contributed by atoms with E-state index in [-0.39, 0.29) is 7.12 Å². The van der Waals surface area contributed by atoms with Crippen LogP contribution in [0.4, 0.5) is 0 Å². The van der Waals surface area contributed by atoms with E-state index >= 15 is 0 Å². The van der Waals surface area contributed by atoms with Gasteiger partial charge in [0.1, 0.15) is 0 Å². The topological polar surface area (TPSA) is 30.5 Å². The molecule has 0 aromatic heterocycles. The Kier molecular flexibility index (Phi) is 5.06. The van der Waals surface area contributed by atoms with Gasteiger partial charge in [0.15, 0.2) is 0 Å². The minimum absolute atomic E-state index is 0.238. The lowest BCUT2D eigenvalue weighted by Gasteiger charge is -2.19. The zero-order chi connectivity index (χ0) is 14.3. The van der Waals surface area contributed by atoms with Crippen molar-refractivity contribution in [1.29, 1.82) is 0 Å². The van der Waals surface area contributed by atoms with Gasteiger partial charge in [0.25, 0.3) is 0 Å². The molecule has 0 bridgehead atoms. The van der Waals surface area contributed by atoms with Gasteiger partial charge in [0, 0.05) is 26.3 Å². The molecule has 0 saturated carbocycles. The summed E-state index contributed by atoms with van der Waals surface area (Å²) in [4.78, 5) is 0. The third-order valence-corrected chi connectivity index (χ3v) is 3.60. The van der Waals surface area contributed by atoms with Gasteiger partial charge >= 0.3 is 7.12 Å². The van der Waals surface area contributed by atoms with Gasteiger partial charge in [0.2, 0.25) is 0 Å². The molecule has 1 aliphatic heterocycles. The molecule has 21 heavy (non-hydrogen) atoms. The van der Waals surface area contributed by atoms with Crippen LogP contribution in [0.2, 0.25) is 0 Å². The molecule has 3 nitrogen and oxygen atoms in total. The maximum Gasteiger partial charge on any atom is 0.493 e. The number of hydrogen-bond donors (Lipinski definition) is 1. The molecule has 1 heterocycles. The summed E-state index contributed by atoms with van der Waals surface area (Å²) in [5.41, 5.74) is 3.72. The summed E-state index contributed by atoms with van der Waals surface area (Å²) < 4.78 is 11.5. The molecule has 3 rings (SSSR count). The van der Waals surface area contributed by atoms with E-state index < -0.39 is 0 Å². The van der Waals surface area contributed by atoms with Crippen molar-refractivity contribution in [2.75, 3.05) is 26.3 Å². The summed E-state index contributed by atoms with van der Waals surface area (Å²) in [5, 5.41) is 3.25. The quantitative estimate of drug-likeness (QED) is 0.867. The molecule has 0 spiro atoms. The highest BCUT2D eigenvalue weighted by Crippen LogP contribution is 2.08. The van der Waals surface area contributed by atoms with Gasteiger partial charge in [-0.1, -0.05) is 54.6 Å². The van der Waals surface area contributed by atoms with Crippen LogP contribution in [0.5, 0.6) is 0 Å². The van der Waals surface area contributed by atoms with Crippen molar-refractivity contribution >= 4 is 12.6 Å². The SMILES string of the molecule is c1ccc(Cc2ccc(B3OCCNCCO3)cc2)cc1. The predicted molar refractivity (Wildman–Crippen MR) is 85.9 cm³/mol. The minimum atomic E-state index is -0.238. The largest absolute Gasteiger partial charge is 0.493 e. The van der Waals surface area contributed by atoms with E-state index in [0.29, 0.717) is 13.2 Å². The highest BCUT2D eigenvalue weighted by molar-refractivity contribution is 6.61. The Morgan fingerprint density at radius 2 is 1.43 bits per heavy atom. The van der Waals surface area contributed by atoms with Crippen LogP contribution >= 0.6 is 0 Å². The lowest BCUT2D eigenvalue weighted by molar-refractivity contribution is 0.187. The first-order valence-corrected chi connectivity index (χ1v) is 7.48. The van der Waals surface area contributed by atoms with Crippen LogP contribution in [0.15, 0.2) is 54.6 Å². The Morgan fingerprint density at radius 1 is 0.810 bits per heavy atom. The summed E-state index contributed by atoms with van der Waals surface area (Å²) >= 11 is 0. The zero-order valence-electron chi connectivity index (χ0n) is 12.1. The van der Waals surface area contributed by atoms with Crippen LogP contribution in [0.3, 0.4) is 0 Å². The van der Waals surface area contributed by atoms with E-state index in [1.807, 2.05) is 6.07 Å². The van der Waals surface area contributed by atoms with Gasteiger partial charge in [0.05, 0.1) is 0 Å².